The Morgan fingerprint density at radius 3 is 2.45 bits per heavy atom. The highest BCUT2D eigenvalue weighted by Gasteiger charge is 2.36. The van der Waals surface area contributed by atoms with Gasteiger partial charge < -0.3 is 14.9 Å². The van der Waals surface area contributed by atoms with E-state index in [1.54, 1.807) is 4.90 Å². The Morgan fingerprint density at radius 1 is 1.25 bits per heavy atom. The highest BCUT2D eigenvalue weighted by atomic mass is 16.4. The quantitative estimate of drug-likeness (QED) is 0.910. The number of benzene rings is 1. The van der Waals surface area contributed by atoms with Gasteiger partial charge in [-0.15, -0.1) is 0 Å². The van der Waals surface area contributed by atoms with Gasteiger partial charge in [0.15, 0.2) is 0 Å². The van der Waals surface area contributed by atoms with Crippen LogP contribution in [0.5, 0.6) is 0 Å². The first-order valence-electron chi connectivity index (χ1n) is 6.81. The highest BCUT2D eigenvalue weighted by molar-refractivity contribution is 5.76. The fourth-order valence-electron chi connectivity index (χ4n) is 2.89. The Bertz CT molecular complexity index is 489. The Balaban J connectivity index is 2.24. The van der Waals surface area contributed by atoms with Crippen LogP contribution in [-0.4, -0.2) is 47.1 Å². The van der Waals surface area contributed by atoms with Gasteiger partial charge in [0.2, 0.25) is 5.91 Å². The predicted octanol–water partition coefficient (Wildman–Crippen LogP) is 1.59. The molecule has 2 atom stereocenters. The van der Waals surface area contributed by atoms with Crippen molar-refractivity contribution in [1.29, 1.82) is 0 Å². The van der Waals surface area contributed by atoms with Crippen LogP contribution in [0.3, 0.4) is 0 Å². The molecule has 0 spiro atoms. The summed E-state index contributed by atoms with van der Waals surface area (Å²) in [6, 6.07) is 9.59. The second-order valence-electron chi connectivity index (χ2n) is 5.15. The van der Waals surface area contributed by atoms with Crippen molar-refractivity contribution in [3.8, 4) is 0 Å². The summed E-state index contributed by atoms with van der Waals surface area (Å²) in [7, 11) is 0. The maximum Gasteiger partial charge on any atom is 0.305 e. The van der Waals surface area contributed by atoms with Crippen molar-refractivity contribution in [2.24, 2.45) is 0 Å². The van der Waals surface area contributed by atoms with Crippen molar-refractivity contribution >= 4 is 17.6 Å². The van der Waals surface area contributed by atoms with Crippen LogP contribution in [0.25, 0.3) is 0 Å². The van der Waals surface area contributed by atoms with E-state index in [-0.39, 0.29) is 24.4 Å². The van der Waals surface area contributed by atoms with Gasteiger partial charge in [0, 0.05) is 31.7 Å². The molecule has 0 unspecified atom stereocenters. The molecule has 1 fully saturated rings. The number of rotatable bonds is 3. The molecule has 0 aliphatic carbocycles. The lowest BCUT2D eigenvalue weighted by Gasteiger charge is -2.46. The Kier molecular flexibility index (Phi) is 4.27. The number of carboxylic acids is 1. The lowest BCUT2D eigenvalue weighted by atomic mass is 9.98. The van der Waals surface area contributed by atoms with Gasteiger partial charge in [0.1, 0.15) is 0 Å². The zero-order valence-corrected chi connectivity index (χ0v) is 11.8. The molecule has 1 amide bonds. The number of para-hydroxylation sites is 1. The van der Waals surface area contributed by atoms with E-state index in [4.69, 9.17) is 5.11 Å². The number of anilines is 1. The van der Waals surface area contributed by atoms with E-state index in [1.165, 1.54) is 6.92 Å². The minimum atomic E-state index is -0.872. The van der Waals surface area contributed by atoms with Crippen LogP contribution in [-0.2, 0) is 9.59 Å². The summed E-state index contributed by atoms with van der Waals surface area (Å²) >= 11 is 0. The third-order valence-corrected chi connectivity index (χ3v) is 3.91. The largest absolute Gasteiger partial charge is 0.481 e. The van der Waals surface area contributed by atoms with Crippen LogP contribution in [0, 0.1) is 0 Å². The molecule has 5 heteroatoms. The zero-order chi connectivity index (χ0) is 14.7. The number of nitrogens with zero attached hydrogens (tertiary/aromatic N) is 2. The highest BCUT2D eigenvalue weighted by Crippen LogP contribution is 2.25. The first kappa shape index (κ1) is 14.4. The van der Waals surface area contributed by atoms with Crippen molar-refractivity contribution in [3.05, 3.63) is 30.3 Å². The fourth-order valence-corrected chi connectivity index (χ4v) is 2.89. The van der Waals surface area contributed by atoms with Gasteiger partial charge in [-0.3, -0.25) is 9.59 Å². The predicted molar refractivity (Wildman–Crippen MR) is 76.7 cm³/mol. The number of hydrogen-bond acceptors (Lipinski definition) is 3. The second-order valence-corrected chi connectivity index (χ2v) is 5.15. The maximum absolute atomic E-state index is 11.7. The summed E-state index contributed by atoms with van der Waals surface area (Å²) in [6.07, 6.45) is -0.0237. The Hall–Kier alpha value is -2.04. The molecule has 1 heterocycles. The molecule has 5 nitrogen and oxygen atoms in total. The summed E-state index contributed by atoms with van der Waals surface area (Å²) < 4.78 is 0. The maximum atomic E-state index is 11.7. The van der Waals surface area contributed by atoms with E-state index < -0.39 is 5.97 Å². The molecule has 1 aromatic rings. The molecule has 0 aromatic heterocycles. The zero-order valence-electron chi connectivity index (χ0n) is 11.8. The smallest absolute Gasteiger partial charge is 0.305 e. The molecule has 1 saturated heterocycles. The Morgan fingerprint density at radius 2 is 1.90 bits per heavy atom. The third-order valence-electron chi connectivity index (χ3n) is 3.91. The number of hydrogen-bond donors (Lipinski definition) is 1. The van der Waals surface area contributed by atoms with Gasteiger partial charge >= 0.3 is 5.97 Å². The second kappa shape index (κ2) is 5.94. The van der Waals surface area contributed by atoms with Crippen LogP contribution < -0.4 is 4.90 Å². The number of aliphatic carboxylic acids is 1. The number of carboxylic acid groups (broad SMARTS) is 1. The van der Waals surface area contributed by atoms with Crippen LogP contribution in [0.1, 0.15) is 20.3 Å². The molecule has 0 radical (unpaired) electrons. The minimum absolute atomic E-state index is 0.0221. The monoisotopic (exact) mass is 276 g/mol. The molecule has 0 saturated carbocycles. The van der Waals surface area contributed by atoms with Gasteiger partial charge in [0.05, 0.1) is 12.5 Å². The van der Waals surface area contributed by atoms with Crippen LogP contribution >= 0.6 is 0 Å². The molecule has 108 valence electrons. The van der Waals surface area contributed by atoms with E-state index >= 15 is 0 Å². The lowest BCUT2D eigenvalue weighted by Crippen LogP contribution is -2.60. The van der Waals surface area contributed by atoms with Gasteiger partial charge in [0.25, 0.3) is 0 Å². The summed E-state index contributed by atoms with van der Waals surface area (Å²) in [5.41, 5.74) is 1.07. The molecule has 1 aliphatic rings. The van der Waals surface area contributed by atoms with Crippen LogP contribution in [0.4, 0.5) is 5.69 Å². The average molecular weight is 276 g/mol. The van der Waals surface area contributed by atoms with Crippen molar-refractivity contribution < 1.29 is 14.7 Å². The third kappa shape index (κ3) is 2.92. The summed E-state index contributed by atoms with van der Waals surface area (Å²) in [6.45, 7) is 4.77. The number of carbonyl (C=O) groups excluding carboxylic acids is 1. The number of piperazine rings is 1. The van der Waals surface area contributed by atoms with Crippen molar-refractivity contribution in [1.82, 2.24) is 4.90 Å². The minimum Gasteiger partial charge on any atom is -0.481 e. The first-order valence-corrected chi connectivity index (χ1v) is 6.81. The number of carbonyl (C=O) groups is 2. The van der Waals surface area contributed by atoms with Gasteiger partial charge in [-0.1, -0.05) is 18.2 Å². The van der Waals surface area contributed by atoms with E-state index in [2.05, 4.69) is 4.90 Å². The van der Waals surface area contributed by atoms with Crippen molar-refractivity contribution in [2.45, 2.75) is 32.4 Å². The molecule has 1 aromatic carbocycles. The number of amides is 1. The summed E-state index contributed by atoms with van der Waals surface area (Å²) in [5.74, 6) is -0.932. The fraction of sp³-hybridized carbons (Fsp3) is 0.467. The average Bonchev–Trinajstić information content (AvgIpc) is 2.41. The molecular weight excluding hydrogens is 256 g/mol. The van der Waals surface area contributed by atoms with Gasteiger partial charge in [-0.25, -0.2) is 0 Å². The summed E-state index contributed by atoms with van der Waals surface area (Å²) in [4.78, 5) is 26.6. The van der Waals surface area contributed by atoms with Gasteiger partial charge in [-0.2, -0.15) is 0 Å². The molecular formula is C15H20N2O3. The van der Waals surface area contributed by atoms with Crippen LogP contribution in [0.15, 0.2) is 30.3 Å². The lowest BCUT2D eigenvalue weighted by molar-refractivity contribution is -0.141. The van der Waals surface area contributed by atoms with Crippen LogP contribution in [0.2, 0.25) is 0 Å². The molecule has 1 aliphatic heterocycles. The molecule has 0 bridgehead atoms. The van der Waals surface area contributed by atoms with E-state index in [9.17, 15) is 9.59 Å². The standard InChI is InChI=1S/C15H20N2O3/c1-11-14(10-15(19)20)17(12(2)18)9-8-16(11)13-6-4-3-5-7-13/h3-7,11,14H,8-10H2,1-2H3,(H,19,20)/t11-,14+/m0/s1. The van der Waals surface area contributed by atoms with Crippen molar-refractivity contribution in [3.63, 3.8) is 0 Å². The molecule has 2 rings (SSSR count). The van der Waals surface area contributed by atoms with E-state index in [0.717, 1.165) is 12.2 Å². The SMILES string of the molecule is CC(=O)N1CCN(c2ccccc2)[C@@H](C)[C@H]1CC(=O)O. The topological polar surface area (TPSA) is 60.9 Å². The first-order chi connectivity index (χ1) is 9.50. The molecule has 1 N–H and O–H groups in total. The van der Waals surface area contributed by atoms with Crippen molar-refractivity contribution in [2.75, 3.05) is 18.0 Å². The van der Waals surface area contributed by atoms with Gasteiger partial charge in [-0.05, 0) is 19.1 Å². The van der Waals surface area contributed by atoms with E-state index in [0.29, 0.717) is 6.54 Å². The molecule has 20 heavy (non-hydrogen) atoms. The normalized spacial score (nSPS) is 22.7. The summed E-state index contributed by atoms with van der Waals surface area (Å²) in [5, 5.41) is 9.08. The Labute approximate surface area is 118 Å². The van der Waals surface area contributed by atoms with E-state index in [1.807, 2.05) is 37.3 Å².